The van der Waals surface area contributed by atoms with E-state index in [1.807, 2.05) is 31.2 Å². The van der Waals surface area contributed by atoms with Crippen molar-refractivity contribution in [3.63, 3.8) is 0 Å². The number of ether oxygens (including phenoxy) is 1. The molecule has 1 aliphatic heterocycles. The molecular formula is C21H26N2O4S. The zero-order valence-corrected chi connectivity index (χ0v) is 17.0. The third-order valence-corrected chi connectivity index (χ3v) is 6.76. The summed E-state index contributed by atoms with van der Waals surface area (Å²) in [4.78, 5) is 12.7. The maximum Gasteiger partial charge on any atom is 0.265 e. The van der Waals surface area contributed by atoms with Gasteiger partial charge in [0.15, 0.2) is 6.10 Å². The second-order valence-corrected chi connectivity index (χ2v) is 8.78. The Bertz CT molecular complexity index is 920. The number of rotatable bonds is 7. The Balaban J connectivity index is 1.64. The molecule has 1 aliphatic rings. The van der Waals surface area contributed by atoms with Crippen LogP contribution in [0.2, 0.25) is 0 Å². The summed E-state index contributed by atoms with van der Waals surface area (Å²) in [7, 11) is -3.45. The van der Waals surface area contributed by atoms with Crippen molar-refractivity contribution >= 4 is 21.6 Å². The predicted octanol–water partition coefficient (Wildman–Crippen LogP) is 3.44. The summed E-state index contributed by atoms with van der Waals surface area (Å²) >= 11 is 0. The van der Waals surface area contributed by atoms with E-state index in [2.05, 4.69) is 5.32 Å². The number of aryl methyl sites for hydroxylation is 1. The molecule has 0 spiro atoms. The second-order valence-electron chi connectivity index (χ2n) is 6.85. The summed E-state index contributed by atoms with van der Waals surface area (Å²) in [6.45, 7) is 4.85. The number of carbonyl (C=O) groups is 1. The van der Waals surface area contributed by atoms with E-state index >= 15 is 0 Å². The van der Waals surface area contributed by atoms with Crippen LogP contribution in [0.25, 0.3) is 0 Å². The third-order valence-electron chi connectivity index (χ3n) is 4.85. The van der Waals surface area contributed by atoms with Gasteiger partial charge in [0.25, 0.3) is 5.91 Å². The number of para-hydroxylation sites is 1. The number of hydrogen-bond acceptors (Lipinski definition) is 4. The standard InChI is InChI=1S/C21H26N2O4S/c1-3-17-8-4-5-9-20(17)27-16(2)21(24)22-18-10-12-19(13-11-18)28(25,26)23-14-6-7-15-23/h4-5,8-13,16H,3,6-7,14-15H2,1-2H3,(H,22,24)/t16-/m1/s1. The van der Waals surface area contributed by atoms with Crippen molar-refractivity contribution in [2.45, 2.75) is 44.1 Å². The van der Waals surface area contributed by atoms with E-state index in [1.54, 1.807) is 19.1 Å². The first-order valence-corrected chi connectivity index (χ1v) is 11.0. The van der Waals surface area contributed by atoms with Crippen LogP contribution in [0.1, 0.15) is 32.3 Å². The van der Waals surface area contributed by atoms with Crippen molar-refractivity contribution in [2.24, 2.45) is 0 Å². The zero-order chi connectivity index (χ0) is 20.1. The van der Waals surface area contributed by atoms with Crippen LogP contribution in [0.3, 0.4) is 0 Å². The quantitative estimate of drug-likeness (QED) is 0.770. The molecule has 2 aromatic rings. The maximum absolute atomic E-state index is 12.6. The monoisotopic (exact) mass is 402 g/mol. The van der Waals surface area contributed by atoms with Crippen LogP contribution >= 0.6 is 0 Å². The number of nitrogens with one attached hydrogen (secondary N) is 1. The van der Waals surface area contributed by atoms with E-state index in [-0.39, 0.29) is 10.8 Å². The second kappa shape index (κ2) is 8.75. The SMILES string of the molecule is CCc1ccccc1O[C@H](C)C(=O)Nc1ccc(S(=O)(=O)N2CCCC2)cc1. The average molecular weight is 403 g/mol. The topological polar surface area (TPSA) is 75.7 Å². The molecule has 0 aromatic heterocycles. The summed E-state index contributed by atoms with van der Waals surface area (Å²) in [6, 6.07) is 13.9. The van der Waals surface area contributed by atoms with E-state index in [0.717, 1.165) is 24.8 Å². The molecule has 0 radical (unpaired) electrons. The highest BCUT2D eigenvalue weighted by molar-refractivity contribution is 7.89. The van der Waals surface area contributed by atoms with Gasteiger partial charge in [-0.25, -0.2) is 8.42 Å². The van der Waals surface area contributed by atoms with Gasteiger partial charge in [-0.15, -0.1) is 0 Å². The Kier molecular flexibility index (Phi) is 6.36. The van der Waals surface area contributed by atoms with Crippen molar-refractivity contribution in [3.05, 3.63) is 54.1 Å². The van der Waals surface area contributed by atoms with Crippen molar-refractivity contribution in [2.75, 3.05) is 18.4 Å². The van der Waals surface area contributed by atoms with Gasteiger partial charge < -0.3 is 10.1 Å². The van der Waals surface area contributed by atoms with E-state index < -0.39 is 16.1 Å². The number of amides is 1. The zero-order valence-electron chi connectivity index (χ0n) is 16.2. The molecule has 0 bridgehead atoms. The van der Waals surface area contributed by atoms with E-state index in [9.17, 15) is 13.2 Å². The van der Waals surface area contributed by atoms with Crippen LogP contribution < -0.4 is 10.1 Å². The molecule has 0 aliphatic carbocycles. The van der Waals surface area contributed by atoms with Crippen LogP contribution in [0.5, 0.6) is 5.75 Å². The highest BCUT2D eigenvalue weighted by atomic mass is 32.2. The molecule has 1 heterocycles. The van der Waals surface area contributed by atoms with Gasteiger partial charge in [0, 0.05) is 18.8 Å². The molecular weight excluding hydrogens is 376 g/mol. The van der Waals surface area contributed by atoms with Gasteiger partial charge in [0.1, 0.15) is 5.75 Å². The molecule has 2 aromatic carbocycles. The Labute approximate surface area is 166 Å². The highest BCUT2D eigenvalue weighted by Crippen LogP contribution is 2.23. The molecule has 0 unspecified atom stereocenters. The summed E-state index contributed by atoms with van der Waals surface area (Å²) in [5.41, 5.74) is 1.57. The molecule has 6 nitrogen and oxygen atoms in total. The number of benzene rings is 2. The lowest BCUT2D eigenvalue weighted by Gasteiger charge is -2.18. The van der Waals surface area contributed by atoms with E-state index in [4.69, 9.17) is 4.74 Å². The van der Waals surface area contributed by atoms with Crippen LogP contribution in [0, 0.1) is 0 Å². The van der Waals surface area contributed by atoms with Crippen molar-refractivity contribution < 1.29 is 17.9 Å². The lowest BCUT2D eigenvalue weighted by atomic mass is 10.1. The normalized spacial score (nSPS) is 15.9. The Morgan fingerprint density at radius 2 is 1.75 bits per heavy atom. The van der Waals surface area contributed by atoms with Gasteiger partial charge in [-0.1, -0.05) is 25.1 Å². The molecule has 7 heteroatoms. The minimum atomic E-state index is -3.45. The first kappa shape index (κ1) is 20.4. The average Bonchev–Trinajstić information content (AvgIpc) is 3.24. The van der Waals surface area contributed by atoms with E-state index in [1.165, 1.54) is 16.4 Å². The van der Waals surface area contributed by atoms with Gasteiger partial charge in [-0.2, -0.15) is 4.31 Å². The van der Waals surface area contributed by atoms with Crippen LogP contribution in [-0.4, -0.2) is 37.8 Å². The first-order valence-electron chi connectivity index (χ1n) is 9.57. The van der Waals surface area contributed by atoms with Gasteiger partial charge in [0.05, 0.1) is 4.90 Å². The molecule has 1 amide bonds. The molecule has 150 valence electrons. The molecule has 0 saturated carbocycles. The summed E-state index contributed by atoms with van der Waals surface area (Å²) in [6.07, 6.45) is 1.93. The number of hydrogen-bond donors (Lipinski definition) is 1. The molecule has 1 saturated heterocycles. The maximum atomic E-state index is 12.6. The predicted molar refractivity (Wildman–Crippen MR) is 109 cm³/mol. The number of nitrogens with zero attached hydrogens (tertiary/aromatic N) is 1. The fourth-order valence-corrected chi connectivity index (χ4v) is 4.70. The molecule has 3 rings (SSSR count). The van der Waals surface area contributed by atoms with Crippen molar-refractivity contribution in [1.82, 2.24) is 4.31 Å². The largest absolute Gasteiger partial charge is 0.481 e. The molecule has 28 heavy (non-hydrogen) atoms. The lowest BCUT2D eigenvalue weighted by Crippen LogP contribution is -2.30. The third kappa shape index (κ3) is 4.54. The van der Waals surface area contributed by atoms with Gasteiger partial charge in [-0.3, -0.25) is 4.79 Å². The van der Waals surface area contributed by atoms with Gasteiger partial charge in [-0.05, 0) is 62.1 Å². The smallest absolute Gasteiger partial charge is 0.265 e. The van der Waals surface area contributed by atoms with E-state index in [0.29, 0.717) is 24.5 Å². The highest BCUT2D eigenvalue weighted by Gasteiger charge is 2.27. The molecule has 1 fully saturated rings. The fourth-order valence-electron chi connectivity index (χ4n) is 3.19. The van der Waals surface area contributed by atoms with Gasteiger partial charge >= 0.3 is 0 Å². The lowest BCUT2D eigenvalue weighted by molar-refractivity contribution is -0.122. The summed E-state index contributed by atoms with van der Waals surface area (Å²) in [5.74, 6) is 0.403. The van der Waals surface area contributed by atoms with Crippen LogP contribution in [0.15, 0.2) is 53.4 Å². The number of carbonyl (C=O) groups excluding carboxylic acids is 1. The summed E-state index contributed by atoms with van der Waals surface area (Å²) in [5, 5.41) is 2.78. The van der Waals surface area contributed by atoms with Crippen LogP contribution in [0.4, 0.5) is 5.69 Å². The van der Waals surface area contributed by atoms with Crippen molar-refractivity contribution in [1.29, 1.82) is 0 Å². The fraction of sp³-hybridized carbons (Fsp3) is 0.381. The van der Waals surface area contributed by atoms with Crippen molar-refractivity contribution in [3.8, 4) is 5.75 Å². The minimum Gasteiger partial charge on any atom is -0.481 e. The Morgan fingerprint density at radius 1 is 1.11 bits per heavy atom. The summed E-state index contributed by atoms with van der Waals surface area (Å²) < 4.78 is 32.4. The minimum absolute atomic E-state index is 0.244. The Morgan fingerprint density at radius 3 is 2.39 bits per heavy atom. The van der Waals surface area contributed by atoms with Crippen LogP contribution in [-0.2, 0) is 21.2 Å². The molecule has 1 N–H and O–H groups in total. The Hall–Kier alpha value is -2.38. The van der Waals surface area contributed by atoms with Gasteiger partial charge in [0.2, 0.25) is 10.0 Å². The molecule has 1 atom stereocenters. The number of anilines is 1. The first-order chi connectivity index (χ1) is 13.4. The number of sulfonamides is 1.